The summed E-state index contributed by atoms with van der Waals surface area (Å²) < 4.78 is 28.0. The number of hydrogen-bond donors (Lipinski definition) is 0. The van der Waals surface area contributed by atoms with Crippen molar-refractivity contribution < 1.29 is 42.9 Å². The molecule has 0 amide bonds. The Hall–Kier alpha value is -4.94. The minimum absolute atomic E-state index is 0.149. The van der Waals surface area contributed by atoms with Crippen molar-refractivity contribution in [3.8, 4) is 12.3 Å². The van der Waals surface area contributed by atoms with Crippen molar-refractivity contribution in [2.24, 2.45) is 0 Å². The summed E-state index contributed by atoms with van der Waals surface area (Å²) in [7, 11) is 0. The normalized spacial score (nSPS) is 21.7. The molecule has 9 heteroatoms. The number of terminal acetylenes is 1. The van der Waals surface area contributed by atoms with Crippen LogP contribution in [0.3, 0.4) is 0 Å². The first-order chi connectivity index (χ1) is 18.8. The summed E-state index contributed by atoms with van der Waals surface area (Å²) in [5.74, 6) is -0.797. The first-order valence-electron chi connectivity index (χ1n) is 11.9. The Labute approximate surface area is 224 Å². The van der Waals surface area contributed by atoms with Crippen LogP contribution < -0.4 is 0 Å². The molecule has 0 aromatic heterocycles. The fourth-order valence-corrected chi connectivity index (χ4v) is 3.96. The molecule has 0 saturated carbocycles. The fourth-order valence-electron chi connectivity index (χ4n) is 3.96. The fraction of sp³-hybridized carbons (Fsp3) is 0.200. The summed E-state index contributed by atoms with van der Waals surface area (Å²) in [5, 5.41) is 0. The van der Waals surface area contributed by atoms with Gasteiger partial charge in [0, 0.05) is 6.92 Å². The maximum Gasteiger partial charge on any atom is 0.339 e. The number of ether oxygens (including phenoxy) is 5. The molecule has 0 radical (unpaired) electrons. The predicted molar refractivity (Wildman–Crippen MR) is 136 cm³/mol. The van der Waals surface area contributed by atoms with E-state index < -0.39 is 54.6 Å². The van der Waals surface area contributed by atoms with Gasteiger partial charge in [-0.25, -0.2) is 14.4 Å². The largest absolute Gasteiger partial charge is 0.459 e. The van der Waals surface area contributed by atoms with Crippen LogP contribution in [0.25, 0.3) is 0 Å². The lowest BCUT2D eigenvalue weighted by Gasteiger charge is -2.32. The molecule has 4 atom stereocenters. The molecule has 1 saturated heterocycles. The number of esters is 4. The highest BCUT2D eigenvalue weighted by atomic mass is 16.8. The minimum Gasteiger partial charge on any atom is -0.459 e. The van der Waals surface area contributed by atoms with Crippen molar-refractivity contribution in [2.75, 3.05) is 6.61 Å². The molecule has 0 aliphatic carbocycles. The van der Waals surface area contributed by atoms with Crippen LogP contribution in [0.4, 0.5) is 0 Å². The minimum atomic E-state index is -2.14. The van der Waals surface area contributed by atoms with Gasteiger partial charge < -0.3 is 23.7 Å². The zero-order valence-corrected chi connectivity index (χ0v) is 20.9. The highest BCUT2D eigenvalue weighted by Crippen LogP contribution is 2.39. The van der Waals surface area contributed by atoms with Gasteiger partial charge in [0.05, 0.1) is 16.7 Å². The second-order valence-electron chi connectivity index (χ2n) is 8.45. The Morgan fingerprint density at radius 3 is 1.74 bits per heavy atom. The van der Waals surface area contributed by atoms with Gasteiger partial charge in [0.25, 0.3) is 0 Å². The lowest BCUT2D eigenvalue weighted by Crippen LogP contribution is -2.54. The molecule has 0 spiro atoms. The van der Waals surface area contributed by atoms with E-state index in [1.54, 1.807) is 66.7 Å². The summed E-state index contributed by atoms with van der Waals surface area (Å²) in [6, 6.07) is 24.1. The number of carbonyl (C=O) groups excluding carboxylic acids is 4. The molecular weight excluding hydrogens is 504 g/mol. The number of rotatable bonds is 8. The third-order valence-corrected chi connectivity index (χ3v) is 5.84. The number of hydrogen-bond acceptors (Lipinski definition) is 9. The third kappa shape index (κ3) is 6.14. The lowest BCUT2D eigenvalue weighted by atomic mass is 9.92. The van der Waals surface area contributed by atoms with Gasteiger partial charge in [-0.05, 0) is 36.4 Å². The lowest BCUT2D eigenvalue weighted by molar-refractivity contribution is -0.188. The van der Waals surface area contributed by atoms with Gasteiger partial charge in [0.1, 0.15) is 6.61 Å². The second kappa shape index (κ2) is 12.1. The van der Waals surface area contributed by atoms with Crippen LogP contribution in [0, 0.1) is 12.3 Å². The maximum absolute atomic E-state index is 13.2. The highest BCUT2D eigenvalue weighted by molar-refractivity contribution is 5.91. The Balaban J connectivity index is 1.69. The molecule has 3 aromatic carbocycles. The Morgan fingerprint density at radius 1 is 0.769 bits per heavy atom. The zero-order chi connectivity index (χ0) is 27.8. The summed E-state index contributed by atoms with van der Waals surface area (Å²) in [4.78, 5) is 50.8. The number of benzene rings is 3. The first-order valence-corrected chi connectivity index (χ1v) is 11.9. The van der Waals surface area contributed by atoms with Gasteiger partial charge in [-0.15, -0.1) is 6.42 Å². The molecule has 1 unspecified atom stereocenters. The quantitative estimate of drug-likeness (QED) is 0.246. The molecule has 3 aromatic rings. The Bertz CT molecular complexity index is 1370. The van der Waals surface area contributed by atoms with Gasteiger partial charge >= 0.3 is 23.9 Å². The molecule has 0 bridgehead atoms. The third-order valence-electron chi connectivity index (χ3n) is 5.84. The molecular formula is C30H24O9. The van der Waals surface area contributed by atoms with E-state index in [2.05, 4.69) is 5.92 Å². The van der Waals surface area contributed by atoms with Crippen molar-refractivity contribution in [1.29, 1.82) is 0 Å². The Kier molecular flexibility index (Phi) is 8.39. The van der Waals surface area contributed by atoms with E-state index in [1.165, 1.54) is 24.3 Å². The summed E-state index contributed by atoms with van der Waals surface area (Å²) in [5.41, 5.74) is -1.57. The highest BCUT2D eigenvalue weighted by Gasteiger charge is 2.63. The second-order valence-corrected chi connectivity index (χ2v) is 8.45. The van der Waals surface area contributed by atoms with E-state index in [4.69, 9.17) is 30.1 Å². The van der Waals surface area contributed by atoms with Crippen molar-refractivity contribution in [3.05, 3.63) is 108 Å². The van der Waals surface area contributed by atoms with Crippen LogP contribution in [-0.2, 0) is 28.5 Å². The SMILES string of the molecule is C#C[C@@]1(OC(=O)c2ccccc2)[C@@H](COC(=O)c2ccccc2)OC(OC(C)=O)[C@@H]1OC(=O)c1ccccc1. The van der Waals surface area contributed by atoms with Crippen LogP contribution in [0.1, 0.15) is 38.0 Å². The van der Waals surface area contributed by atoms with E-state index in [1.807, 2.05) is 0 Å². The molecule has 1 aliphatic heterocycles. The molecule has 39 heavy (non-hydrogen) atoms. The smallest absolute Gasteiger partial charge is 0.339 e. The molecule has 1 fully saturated rings. The van der Waals surface area contributed by atoms with Crippen LogP contribution >= 0.6 is 0 Å². The van der Waals surface area contributed by atoms with Gasteiger partial charge in [-0.1, -0.05) is 60.5 Å². The standard InChI is InChI=1S/C30H24O9/c1-3-30(39-28(34)23-17-11-6-12-18-23)24(19-35-26(32)21-13-7-4-8-14-21)37-29(36-20(2)31)25(30)38-27(33)22-15-9-5-10-16-22/h1,4-18,24-25,29H,19H2,2H3/t24-,25+,29?,30-/m1/s1. The van der Waals surface area contributed by atoms with Crippen molar-refractivity contribution in [2.45, 2.75) is 31.0 Å². The molecule has 1 aliphatic rings. The average Bonchev–Trinajstić information content (AvgIpc) is 3.23. The van der Waals surface area contributed by atoms with Crippen molar-refractivity contribution in [3.63, 3.8) is 0 Å². The number of carbonyl (C=O) groups is 4. The van der Waals surface area contributed by atoms with Gasteiger partial charge in [-0.3, -0.25) is 4.79 Å². The summed E-state index contributed by atoms with van der Waals surface area (Å²) in [6.07, 6.45) is 1.37. The maximum atomic E-state index is 13.2. The first kappa shape index (κ1) is 27.1. The van der Waals surface area contributed by atoms with Gasteiger partial charge in [0.15, 0.2) is 6.10 Å². The van der Waals surface area contributed by atoms with Crippen molar-refractivity contribution >= 4 is 23.9 Å². The van der Waals surface area contributed by atoms with Gasteiger partial charge in [-0.2, -0.15) is 0 Å². The van der Waals surface area contributed by atoms with E-state index in [-0.39, 0.29) is 16.7 Å². The van der Waals surface area contributed by atoms with Crippen LogP contribution in [0.2, 0.25) is 0 Å². The van der Waals surface area contributed by atoms with E-state index in [0.717, 1.165) is 6.92 Å². The monoisotopic (exact) mass is 528 g/mol. The Morgan fingerprint density at radius 2 is 1.26 bits per heavy atom. The van der Waals surface area contributed by atoms with Crippen molar-refractivity contribution in [1.82, 2.24) is 0 Å². The van der Waals surface area contributed by atoms with Crippen LogP contribution in [0.5, 0.6) is 0 Å². The van der Waals surface area contributed by atoms with E-state index in [9.17, 15) is 19.2 Å². The average molecular weight is 529 g/mol. The molecule has 4 rings (SSSR count). The van der Waals surface area contributed by atoms with Gasteiger partial charge in [0.2, 0.25) is 18.0 Å². The summed E-state index contributed by atoms with van der Waals surface area (Å²) in [6.45, 7) is 0.604. The molecule has 1 heterocycles. The topological polar surface area (TPSA) is 114 Å². The molecule has 9 nitrogen and oxygen atoms in total. The van der Waals surface area contributed by atoms with Crippen LogP contribution in [-0.4, -0.2) is 54.6 Å². The molecule has 198 valence electrons. The predicted octanol–water partition coefficient (Wildman–Crippen LogP) is 3.59. The zero-order valence-electron chi connectivity index (χ0n) is 20.9. The van der Waals surface area contributed by atoms with E-state index >= 15 is 0 Å². The van der Waals surface area contributed by atoms with Crippen LogP contribution in [0.15, 0.2) is 91.0 Å². The van der Waals surface area contributed by atoms with E-state index in [0.29, 0.717) is 0 Å². The summed E-state index contributed by atoms with van der Waals surface area (Å²) >= 11 is 0. The molecule has 0 N–H and O–H groups in total.